The van der Waals surface area contributed by atoms with Crippen LogP contribution in [-0.4, -0.2) is 11.5 Å². The Morgan fingerprint density at radius 2 is 2.25 bits per heavy atom. The molecule has 0 fully saturated rings. The molecule has 0 aliphatic rings. The first kappa shape index (κ1) is 11.6. The second-order valence-electron chi connectivity index (χ2n) is 3.57. The van der Waals surface area contributed by atoms with Crippen LogP contribution in [0.5, 0.6) is 0 Å². The van der Waals surface area contributed by atoms with Gasteiger partial charge in [0, 0.05) is 27.4 Å². The highest BCUT2D eigenvalue weighted by atomic mass is 127. The molecule has 2 aromatic rings. The maximum Gasteiger partial charge on any atom is 0.125 e. The fourth-order valence-corrected chi connectivity index (χ4v) is 2.32. The number of fused-ring (bicyclic) bond motifs is 1. The van der Waals surface area contributed by atoms with Gasteiger partial charge in [-0.3, -0.25) is 4.98 Å². The van der Waals surface area contributed by atoms with E-state index in [2.05, 4.69) is 39.8 Å². The molecule has 0 aliphatic heterocycles. The summed E-state index contributed by atoms with van der Waals surface area (Å²) in [6, 6.07) is 4.91. The largest absolute Gasteiger partial charge is 0.384 e. The number of anilines is 1. The minimum absolute atomic E-state index is 0.218. The second-order valence-corrected chi connectivity index (χ2v) is 4.73. The van der Waals surface area contributed by atoms with Gasteiger partial charge in [0.25, 0.3) is 0 Å². The zero-order chi connectivity index (χ0) is 11.5. The van der Waals surface area contributed by atoms with E-state index in [1.165, 1.54) is 12.1 Å². The lowest BCUT2D eigenvalue weighted by Crippen LogP contribution is -2.01. The predicted molar refractivity (Wildman–Crippen MR) is 73.2 cm³/mol. The molecule has 0 atom stereocenters. The number of nitrogens with one attached hydrogen (secondary N) is 1. The van der Waals surface area contributed by atoms with Gasteiger partial charge in [-0.15, -0.1) is 0 Å². The van der Waals surface area contributed by atoms with E-state index in [-0.39, 0.29) is 5.82 Å². The molecule has 0 saturated heterocycles. The van der Waals surface area contributed by atoms with Gasteiger partial charge in [-0.1, -0.05) is 6.92 Å². The Balaban J connectivity index is 2.57. The third-order valence-corrected chi connectivity index (χ3v) is 3.15. The van der Waals surface area contributed by atoms with Crippen LogP contribution in [0.1, 0.15) is 13.3 Å². The van der Waals surface area contributed by atoms with Crippen LogP contribution in [0.2, 0.25) is 0 Å². The molecule has 0 bridgehead atoms. The van der Waals surface area contributed by atoms with Crippen molar-refractivity contribution in [2.75, 3.05) is 11.9 Å². The molecular formula is C12H12FIN2. The molecule has 0 aliphatic carbocycles. The summed E-state index contributed by atoms with van der Waals surface area (Å²) in [6.07, 6.45) is 2.79. The Kier molecular flexibility index (Phi) is 3.58. The number of pyridine rings is 1. The second kappa shape index (κ2) is 4.95. The van der Waals surface area contributed by atoms with Gasteiger partial charge in [0.15, 0.2) is 0 Å². The van der Waals surface area contributed by atoms with Crippen molar-refractivity contribution in [3.05, 3.63) is 33.8 Å². The molecule has 2 rings (SSSR count). The minimum atomic E-state index is -0.218. The number of benzene rings is 1. The quantitative estimate of drug-likeness (QED) is 0.866. The van der Waals surface area contributed by atoms with Crippen LogP contribution in [0.15, 0.2) is 24.4 Å². The summed E-state index contributed by atoms with van der Waals surface area (Å²) in [5.74, 6) is -0.218. The Bertz CT molecular complexity index is 514. The molecule has 2 nitrogen and oxygen atoms in total. The fraction of sp³-hybridized carbons (Fsp3) is 0.250. The average Bonchev–Trinajstić information content (AvgIpc) is 2.26. The normalized spacial score (nSPS) is 10.7. The lowest BCUT2D eigenvalue weighted by Gasteiger charge is -2.09. The fourth-order valence-electron chi connectivity index (χ4n) is 1.59. The lowest BCUT2D eigenvalue weighted by atomic mass is 10.2. The Morgan fingerprint density at radius 3 is 3.00 bits per heavy atom. The number of hydrogen-bond donors (Lipinski definition) is 1. The van der Waals surface area contributed by atoms with Gasteiger partial charge >= 0.3 is 0 Å². The van der Waals surface area contributed by atoms with Crippen molar-refractivity contribution >= 4 is 39.2 Å². The number of aromatic nitrogens is 1. The number of hydrogen-bond acceptors (Lipinski definition) is 2. The minimum Gasteiger partial charge on any atom is -0.384 e. The van der Waals surface area contributed by atoms with Crippen molar-refractivity contribution in [3.8, 4) is 0 Å². The van der Waals surface area contributed by atoms with E-state index in [4.69, 9.17) is 0 Å². The zero-order valence-corrected chi connectivity index (χ0v) is 11.1. The van der Waals surface area contributed by atoms with Gasteiger partial charge in [0.1, 0.15) is 5.82 Å². The highest BCUT2D eigenvalue weighted by Crippen LogP contribution is 2.26. The van der Waals surface area contributed by atoms with Gasteiger partial charge in [-0.2, -0.15) is 0 Å². The van der Waals surface area contributed by atoms with Gasteiger partial charge < -0.3 is 5.32 Å². The Labute approximate surface area is 107 Å². The summed E-state index contributed by atoms with van der Waals surface area (Å²) >= 11 is 2.11. The molecule has 1 aromatic carbocycles. The first-order valence-corrected chi connectivity index (χ1v) is 6.28. The van der Waals surface area contributed by atoms with Crippen LogP contribution in [-0.2, 0) is 0 Å². The summed E-state index contributed by atoms with van der Waals surface area (Å²) in [4.78, 5) is 4.28. The maximum absolute atomic E-state index is 13.3. The SMILES string of the molecule is CCCNc1ccnc2c(I)cc(F)cc12. The summed E-state index contributed by atoms with van der Waals surface area (Å²) in [5, 5.41) is 4.13. The first-order chi connectivity index (χ1) is 7.72. The third kappa shape index (κ3) is 2.26. The van der Waals surface area contributed by atoms with Crippen molar-refractivity contribution in [2.45, 2.75) is 13.3 Å². The molecule has 4 heteroatoms. The molecule has 84 valence electrons. The highest BCUT2D eigenvalue weighted by Gasteiger charge is 2.06. The lowest BCUT2D eigenvalue weighted by molar-refractivity contribution is 0.629. The number of halogens is 2. The molecule has 1 N–H and O–H groups in total. The van der Waals surface area contributed by atoms with E-state index in [9.17, 15) is 4.39 Å². The molecule has 0 unspecified atom stereocenters. The number of rotatable bonds is 3. The van der Waals surface area contributed by atoms with E-state index in [1.54, 1.807) is 6.20 Å². The van der Waals surface area contributed by atoms with Crippen LogP contribution >= 0.6 is 22.6 Å². The van der Waals surface area contributed by atoms with E-state index < -0.39 is 0 Å². The molecule has 0 saturated carbocycles. The van der Waals surface area contributed by atoms with Crippen molar-refractivity contribution in [1.82, 2.24) is 4.98 Å². The standard InChI is InChI=1S/C12H12FIN2/c1-2-4-15-11-3-5-16-12-9(11)6-8(13)7-10(12)14/h3,5-7H,2,4H2,1H3,(H,15,16). The first-order valence-electron chi connectivity index (χ1n) is 5.20. The summed E-state index contributed by atoms with van der Waals surface area (Å²) in [6.45, 7) is 2.98. The van der Waals surface area contributed by atoms with Gasteiger partial charge in [-0.25, -0.2) is 4.39 Å². The smallest absolute Gasteiger partial charge is 0.125 e. The van der Waals surface area contributed by atoms with Crippen LogP contribution in [0.25, 0.3) is 10.9 Å². The summed E-state index contributed by atoms with van der Waals surface area (Å²) in [7, 11) is 0. The van der Waals surface area contributed by atoms with E-state index in [1.807, 2.05) is 6.07 Å². The van der Waals surface area contributed by atoms with Crippen LogP contribution < -0.4 is 5.32 Å². The zero-order valence-electron chi connectivity index (χ0n) is 8.93. The van der Waals surface area contributed by atoms with Crippen molar-refractivity contribution in [3.63, 3.8) is 0 Å². The predicted octanol–water partition coefficient (Wildman–Crippen LogP) is 3.80. The molecule has 1 aromatic heterocycles. The molecule has 1 heterocycles. The van der Waals surface area contributed by atoms with Crippen molar-refractivity contribution in [1.29, 1.82) is 0 Å². The van der Waals surface area contributed by atoms with Gasteiger partial charge in [-0.05, 0) is 47.2 Å². The molecule has 0 amide bonds. The molecule has 0 radical (unpaired) electrons. The maximum atomic E-state index is 13.3. The Morgan fingerprint density at radius 1 is 1.44 bits per heavy atom. The third-order valence-electron chi connectivity index (χ3n) is 2.33. The van der Waals surface area contributed by atoms with E-state index in [0.717, 1.165) is 33.1 Å². The van der Waals surface area contributed by atoms with Crippen molar-refractivity contribution < 1.29 is 4.39 Å². The van der Waals surface area contributed by atoms with E-state index in [0.29, 0.717) is 0 Å². The summed E-state index contributed by atoms with van der Waals surface area (Å²) in [5.41, 5.74) is 1.80. The van der Waals surface area contributed by atoms with Crippen LogP contribution in [0.3, 0.4) is 0 Å². The molecule has 0 spiro atoms. The monoisotopic (exact) mass is 330 g/mol. The van der Waals surface area contributed by atoms with Gasteiger partial charge in [0.05, 0.1) is 5.52 Å². The number of nitrogens with zero attached hydrogens (tertiary/aromatic N) is 1. The summed E-state index contributed by atoms with van der Waals surface area (Å²) < 4.78 is 14.2. The highest BCUT2D eigenvalue weighted by molar-refractivity contribution is 14.1. The van der Waals surface area contributed by atoms with Gasteiger partial charge in [0.2, 0.25) is 0 Å². The topological polar surface area (TPSA) is 24.9 Å². The van der Waals surface area contributed by atoms with E-state index >= 15 is 0 Å². The van der Waals surface area contributed by atoms with Crippen LogP contribution in [0, 0.1) is 9.39 Å². The van der Waals surface area contributed by atoms with Crippen molar-refractivity contribution in [2.24, 2.45) is 0 Å². The average molecular weight is 330 g/mol. The molecule has 16 heavy (non-hydrogen) atoms. The molecular weight excluding hydrogens is 318 g/mol. The Hall–Kier alpha value is -0.910. The van der Waals surface area contributed by atoms with Crippen LogP contribution in [0.4, 0.5) is 10.1 Å².